The van der Waals surface area contributed by atoms with Crippen LogP contribution >= 0.6 is 0 Å². The van der Waals surface area contributed by atoms with Gasteiger partial charge < -0.3 is 9.42 Å². The van der Waals surface area contributed by atoms with Gasteiger partial charge >= 0.3 is 0 Å². The summed E-state index contributed by atoms with van der Waals surface area (Å²) in [5.41, 5.74) is 1.55. The second-order valence-corrected chi connectivity index (χ2v) is 6.85. The first-order chi connectivity index (χ1) is 13.7. The molecule has 28 heavy (non-hydrogen) atoms. The largest absolute Gasteiger partial charge is 0.337 e. The Labute approximate surface area is 163 Å². The molecule has 0 N–H and O–H groups in total. The standard InChI is InChI=1S/C20H22N6O2/c1-15-23-19(28-24-15)18-14-25(13-17-7-2-3-9-22-17)10-5-11-26(18)20(27)16-6-4-8-21-12-16/h2-4,6-9,12,18H,5,10-11,13-14H2,1H3. The summed E-state index contributed by atoms with van der Waals surface area (Å²) in [6, 6.07) is 9.13. The Bertz CT molecular complexity index is 915. The van der Waals surface area contributed by atoms with E-state index in [2.05, 4.69) is 25.0 Å². The molecule has 8 heteroatoms. The third kappa shape index (κ3) is 4.07. The Morgan fingerprint density at radius 3 is 2.86 bits per heavy atom. The van der Waals surface area contributed by atoms with Crippen molar-refractivity contribution in [1.29, 1.82) is 0 Å². The second kappa shape index (κ2) is 8.26. The van der Waals surface area contributed by atoms with E-state index in [-0.39, 0.29) is 11.9 Å². The number of rotatable bonds is 4. The molecule has 4 heterocycles. The minimum Gasteiger partial charge on any atom is -0.337 e. The van der Waals surface area contributed by atoms with Crippen molar-refractivity contribution in [2.24, 2.45) is 0 Å². The number of carbonyl (C=O) groups is 1. The van der Waals surface area contributed by atoms with Crippen molar-refractivity contribution in [3.63, 3.8) is 0 Å². The molecule has 3 aromatic heterocycles. The fourth-order valence-corrected chi connectivity index (χ4v) is 3.48. The maximum absolute atomic E-state index is 13.2. The molecule has 0 bridgehead atoms. The van der Waals surface area contributed by atoms with E-state index in [1.54, 1.807) is 37.6 Å². The Morgan fingerprint density at radius 1 is 1.21 bits per heavy atom. The molecule has 1 atom stereocenters. The SMILES string of the molecule is Cc1noc(C2CN(Cc3ccccn3)CCCN2C(=O)c2cccnc2)n1. The smallest absolute Gasteiger partial charge is 0.256 e. The van der Waals surface area contributed by atoms with E-state index in [1.165, 1.54) is 0 Å². The van der Waals surface area contributed by atoms with E-state index in [1.807, 2.05) is 23.1 Å². The van der Waals surface area contributed by atoms with Crippen molar-refractivity contribution in [2.75, 3.05) is 19.6 Å². The zero-order chi connectivity index (χ0) is 19.3. The van der Waals surface area contributed by atoms with E-state index < -0.39 is 0 Å². The number of pyridine rings is 2. The van der Waals surface area contributed by atoms with Gasteiger partial charge in [-0.1, -0.05) is 11.2 Å². The van der Waals surface area contributed by atoms with Crippen LogP contribution in [0.1, 0.15) is 40.2 Å². The maximum atomic E-state index is 13.2. The number of hydrogen-bond acceptors (Lipinski definition) is 7. The summed E-state index contributed by atoms with van der Waals surface area (Å²) >= 11 is 0. The fraction of sp³-hybridized carbons (Fsp3) is 0.350. The summed E-state index contributed by atoms with van der Waals surface area (Å²) in [5, 5.41) is 3.93. The quantitative estimate of drug-likeness (QED) is 0.688. The monoisotopic (exact) mass is 378 g/mol. The van der Waals surface area contributed by atoms with E-state index in [9.17, 15) is 4.79 Å². The third-order valence-electron chi connectivity index (χ3n) is 4.79. The van der Waals surface area contributed by atoms with Crippen molar-refractivity contribution in [2.45, 2.75) is 25.9 Å². The lowest BCUT2D eigenvalue weighted by Crippen LogP contribution is -2.38. The number of carbonyl (C=O) groups excluding carboxylic acids is 1. The average molecular weight is 378 g/mol. The van der Waals surface area contributed by atoms with Gasteiger partial charge in [-0.3, -0.25) is 19.7 Å². The van der Waals surface area contributed by atoms with Crippen LogP contribution in [-0.4, -0.2) is 55.4 Å². The van der Waals surface area contributed by atoms with Crippen LogP contribution in [0.5, 0.6) is 0 Å². The van der Waals surface area contributed by atoms with Gasteiger partial charge in [0.1, 0.15) is 6.04 Å². The highest BCUT2D eigenvalue weighted by molar-refractivity contribution is 5.94. The number of aromatic nitrogens is 4. The van der Waals surface area contributed by atoms with Crippen molar-refractivity contribution in [3.05, 3.63) is 71.9 Å². The van der Waals surface area contributed by atoms with E-state index in [4.69, 9.17) is 4.52 Å². The van der Waals surface area contributed by atoms with Crippen LogP contribution in [0.15, 0.2) is 53.4 Å². The Hall–Kier alpha value is -3.13. The summed E-state index contributed by atoms with van der Waals surface area (Å²) in [4.78, 5) is 30.2. The summed E-state index contributed by atoms with van der Waals surface area (Å²) in [6.45, 7) is 4.56. The number of nitrogens with zero attached hydrogens (tertiary/aromatic N) is 6. The Kier molecular flexibility index (Phi) is 5.38. The van der Waals surface area contributed by atoms with Crippen LogP contribution in [0.2, 0.25) is 0 Å². The van der Waals surface area contributed by atoms with Crippen molar-refractivity contribution in [1.82, 2.24) is 29.9 Å². The molecule has 1 saturated heterocycles. The van der Waals surface area contributed by atoms with Crippen LogP contribution < -0.4 is 0 Å². The molecular formula is C20H22N6O2. The van der Waals surface area contributed by atoms with Crippen LogP contribution in [0.25, 0.3) is 0 Å². The van der Waals surface area contributed by atoms with Crippen LogP contribution in [0.3, 0.4) is 0 Å². The molecule has 0 aromatic carbocycles. The molecule has 144 valence electrons. The van der Waals surface area contributed by atoms with Crippen LogP contribution in [0, 0.1) is 6.92 Å². The van der Waals surface area contributed by atoms with Crippen LogP contribution in [0.4, 0.5) is 0 Å². The van der Waals surface area contributed by atoms with Gasteiger partial charge in [0, 0.05) is 44.8 Å². The van der Waals surface area contributed by atoms with Crippen molar-refractivity contribution in [3.8, 4) is 0 Å². The van der Waals surface area contributed by atoms with Gasteiger partial charge in [0.25, 0.3) is 11.8 Å². The number of hydrogen-bond donors (Lipinski definition) is 0. The number of amides is 1. The highest BCUT2D eigenvalue weighted by atomic mass is 16.5. The molecule has 1 aliphatic rings. The van der Waals surface area contributed by atoms with Gasteiger partial charge in [0.2, 0.25) is 0 Å². The molecule has 0 aliphatic carbocycles. The molecule has 1 fully saturated rings. The zero-order valence-corrected chi connectivity index (χ0v) is 15.7. The molecule has 1 unspecified atom stereocenters. The first-order valence-electron chi connectivity index (χ1n) is 9.34. The summed E-state index contributed by atoms with van der Waals surface area (Å²) in [5.74, 6) is 0.945. The normalized spacial score (nSPS) is 18.0. The minimum absolute atomic E-state index is 0.0753. The van der Waals surface area contributed by atoms with E-state index >= 15 is 0 Å². The second-order valence-electron chi connectivity index (χ2n) is 6.85. The minimum atomic E-state index is -0.319. The topological polar surface area (TPSA) is 88.3 Å². The molecule has 1 amide bonds. The molecule has 0 spiro atoms. The van der Waals surface area contributed by atoms with E-state index in [0.717, 1.165) is 18.7 Å². The Balaban J connectivity index is 1.61. The number of aryl methyl sites for hydroxylation is 1. The first kappa shape index (κ1) is 18.2. The van der Waals surface area contributed by atoms with Gasteiger partial charge in [0.15, 0.2) is 5.82 Å². The van der Waals surface area contributed by atoms with Gasteiger partial charge in [-0.15, -0.1) is 0 Å². The zero-order valence-electron chi connectivity index (χ0n) is 15.7. The van der Waals surface area contributed by atoms with Gasteiger partial charge in [0.05, 0.1) is 11.3 Å². The third-order valence-corrected chi connectivity index (χ3v) is 4.79. The molecular weight excluding hydrogens is 356 g/mol. The van der Waals surface area contributed by atoms with Gasteiger partial charge in [-0.2, -0.15) is 4.98 Å². The summed E-state index contributed by atoms with van der Waals surface area (Å²) in [7, 11) is 0. The van der Waals surface area contributed by atoms with Crippen LogP contribution in [-0.2, 0) is 6.54 Å². The first-order valence-corrected chi connectivity index (χ1v) is 9.34. The summed E-state index contributed by atoms with van der Waals surface area (Å²) < 4.78 is 5.46. The molecule has 8 nitrogen and oxygen atoms in total. The van der Waals surface area contributed by atoms with Crippen molar-refractivity contribution >= 4 is 5.91 Å². The lowest BCUT2D eigenvalue weighted by Gasteiger charge is -2.29. The lowest BCUT2D eigenvalue weighted by molar-refractivity contribution is 0.0630. The maximum Gasteiger partial charge on any atom is 0.256 e. The molecule has 4 rings (SSSR count). The molecule has 3 aromatic rings. The highest BCUT2D eigenvalue weighted by Gasteiger charge is 2.34. The highest BCUT2D eigenvalue weighted by Crippen LogP contribution is 2.26. The molecule has 0 saturated carbocycles. The molecule has 0 radical (unpaired) electrons. The fourth-order valence-electron chi connectivity index (χ4n) is 3.48. The van der Waals surface area contributed by atoms with Gasteiger partial charge in [-0.25, -0.2) is 0 Å². The molecule has 1 aliphatic heterocycles. The van der Waals surface area contributed by atoms with Crippen molar-refractivity contribution < 1.29 is 9.32 Å². The van der Waals surface area contributed by atoms with E-state index in [0.29, 0.717) is 36.9 Å². The summed E-state index contributed by atoms with van der Waals surface area (Å²) in [6.07, 6.45) is 5.90. The predicted molar refractivity (Wildman–Crippen MR) is 101 cm³/mol. The average Bonchev–Trinajstić information content (AvgIpc) is 3.05. The predicted octanol–water partition coefficient (Wildman–Crippen LogP) is 2.26. The lowest BCUT2D eigenvalue weighted by atomic mass is 10.1. The Morgan fingerprint density at radius 2 is 2.14 bits per heavy atom. The van der Waals surface area contributed by atoms with Gasteiger partial charge in [-0.05, 0) is 37.6 Å².